The molecule has 0 spiro atoms. The molecule has 1 atom stereocenters. The van der Waals surface area contributed by atoms with Crippen molar-refractivity contribution >= 4 is 5.78 Å². The molecule has 1 N–H and O–H groups in total. The Hall–Kier alpha value is -1.75. The molecule has 0 aliphatic rings. The third kappa shape index (κ3) is 3.86. The molecule has 0 heterocycles. The van der Waals surface area contributed by atoms with E-state index in [0.29, 0.717) is 12.2 Å². The first-order chi connectivity index (χ1) is 9.03. The van der Waals surface area contributed by atoms with E-state index in [9.17, 15) is 9.90 Å². The minimum Gasteiger partial charge on any atom is -0.502 e. The van der Waals surface area contributed by atoms with Gasteiger partial charge in [-0.05, 0) is 31.5 Å². The Balaban J connectivity index is 2.92. The van der Waals surface area contributed by atoms with Gasteiger partial charge < -0.3 is 19.3 Å². The average molecular weight is 268 g/mol. The molecule has 0 saturated heterocycles. The Morgan fingerprint density at radius 3 is 2.21 bits per heavy atom. The van der Waals surface area contributed by atoms with Crippen molar-refractivity contribution in [2.24, 2.45) is 0 Å². The highest BCUT2D eigenvalue weighted by Gasteiger charge is 2.17. The molecule has 0 aliphatic carbocycles. The number of Topliss-reactive ketones (excluding diaryl/α,β-unsaturated/α-hetero) is 1. The van der Waals surface area contributed by atoms with E-state index >= 15 is 0 Å². The summed E-state index contributed by atoms with van der Waals surface area (Å²) in [4.78, 5) is 11.9. The van der Waals surface area contributed by atoms with Crippen LogP contribution in [-0.4, -0.2) is 37.8 Å². The maximum absolute atomic E-state index is 11.9. The van der Waals surface area contributed by atoms with Gasteiger partial charge in [0.05, 0.1) is 14.2 Å². The maximum atomic E-state index is 11.9. The van der Waals surface area contributed by atoms with Gasteiger partial charge in [0.25, 0.3) is 0 Å². The second-order valence-electron chi connectivity index (χ2n) is 4.09. The van der Waals surface area contributed by atoms with E-state index in [4.69, 9.17) is 14.2 Å². The van der Waals surface area contributed by atoms with E-state index in [0.717, 1.165) is 0 Å². The fourth-order valence-electron chi connectivity index (χ4n) is 1.74. The van der Waals surface area contributed by atoms with Crippen molar-refractivity contribution < 1.29 is 24.1 Å². The van der Waals surface area contributed by atoms with Crippen molar-refractivity contribution in [1.82, 2.24) is 0 Å². The minimum atomic E-state index is -0.448. The highest BCUT2D eigenvalue weighted by atomic mass is 16.5. The number of hydrogen-bond donors (Lipinski definition) is 1. The number of phenols is 1. The summed E-state index contributed by atoms with van der Waals surface area (Å²) in [7, 11) is 2.89. The van der Waals surface area contributed by atoms with Gasteiger partial charge in [-0.2, -0.15) is 0 Å². The van der Waals surface area contributed by atoms with Gasteiger partial charge in [0, 0.05) is 13.0 Å². The molecule has 1 rings (SSSR count). The standard InChI is InChI=1S/C14H20O5/c1-5-19-9(2)11(15)6-10-7-12(17-3)14(16)13(8-10)18-4/h7-9,16H,5-6H2,1-4H3. The van der Waals surface area contributed by atoms with Crippen molar-refractivity contribution in [3.63, 3.8) is 0 Å². The number of phenolic OH excluding ortho intramolecular Hbond substituents is 1. The van der Waals surface area contributed by atoms with E-state index in [1.165, 1.54) is 14.2 Å². The monoisotopic (exact) mass is 268 g/mol. The van der Waals surface area contributed by atoms with Gasteiger partial charge >= 0.3 is 0 Å². The molecule has 19 heavy (non-hydrogen) atoms. The summed E-state index contributed by atoms with van der Waals surface area (Å²) in [6, 6.07) is 3.24. The molecule has 106 valence electrons. The zero-order chi connectivity index (χ0) is 14.4. The largest absolute Gasteiger partial charge is 0.502 e. The second kappa shape index (κ2) is 6.99. The Morgan fingerprint density at radius 2 is 1.79 bits per heavy atom. The lowest BCUT2D eigenvalue weighted by Crippen LogP contribution is -2.22. The van der Waals surface area contributed by atoms with Crippen molar-refractivity contribution in [1.29, 1.82) is 0 Å². The third-order valence-electron chi connectivity index (χ3n) is 2.79. The molecule has 0 fully saturated rings. The summed E-state index contributed by atoms with van der Waals surface area (Å²) in [6.07, 6.45) is -0.246. The number of ether oxygens (including phenoxy) is 3. The van der Waals surface area contributed by atoms with Crippen LogP contribution in [0.25, 0.3) is 0 Å². The van der Waals surface area contributed by atoms with Gasteiger partial charge in [0.2, 0.25) is 5.75 Å². The van der Waals surface area contributed by atoms with E-state index < -0.39 is 6.10 Å². The van der Waals surface area contributed by atoms with Crippen LogP contribution in [-0.2, 0) is 16.0 Å². The Labute approximate surface area is 113 Å². The van der Waals surface area contributed by atoms with Crippen LogP contribution < -0.4 is 9.47 Å². The summed E-state index contributed by atoms with van der Waals surface area (Å²) in [5.41, 5.74) is 0.711. The number of carbonyl (C=O) groups is 1. The normalized spacial score (nSPS) is 12.0. The summed E-state index contributed by atoms with van der Waals surface area (Å²) in [5.74, 6) is 0.466. The van der Waals surface area contributed by atoms with E-state index in [2.05, 4.69) is 0 Å². The summed E-state index contributed by atoms with van der Waals surface area (Å²) in [5, 5.41) is 9.78. The molecule has 1 aromatic rings. The molecule has 0 saturated carbocycles. The highest BCUT2D eigenvalue weighted by molar-refractivity contribution is 5.85. The Kier molecular flexibility index (Phi) is 5.63. The molecule has 1 aromatic carbocycles. The molecule has 0 radical (unpaired) electrons. The molecular weight excluding hydrogens is 248 g/mol. The lowest BCUT2D eigenvalue weighted by molar-refractivity contribution is -0.128. The van der Waals surface area contributed by atoms with Crippen LogP contribution in [0.15, 0.2) is 12.1 Å². The smallest absolute Gasteiger partial charge is 0.200 e. The first-order valence-corrected chi connectivity index (χ1v) is 6.11. The lowest BCUT2D eigenvalue weighted by atomic mass is 10.0. The van der Waals surface area contributed by atoms with E-state index in [1.54, 1.807) is 19.1 Å². The van der Waals surface area contributed by atoms with Crippen LogP contribution in [0.3, 0.4) is 0 Å². The number of hydrogen-bond acceptors (Lipinski definition) is 5. The number of rotatable bonds is 7. The SMILES string of the molecule is CCOC(C)C(=O)Cc1cc(OC)c(O)c(OC)c1. The zero-order valence-electron chi connectivity index (χ0n) is 11.7. The summed E-state index contributed by atoms with van der Waals surface area (Å²) in [6.45, 7) is 4.06. The third-order valence-corrected chi connectivity index (χ3v) is 2.79. The van der Waals surface area contributed by atoms with Gasteiger partial charge in [-0.25, -0.2) is 0 Å². The van der Waals surface area contributed by atoms with Gasteiger partial charge in [-0.1, -0.05) is 0 Å². The van der Waals surface area contributed by atoms with Crippen molar-refractivity contribution in [2.75, 3.05) is 20.8 Å². The number of aromatic hydroxyl groups is 1. The first-order valence-electron chi connectivity index (χ1n) is 6.11. The highest BCUT2D eigenvalue weighted by Crippen LogP contribution is 2.37. The second-order valence-corrected chi connectivity index (χ2v) is 4.09. The molecule has 1 unspecified atom stereocenters. The van der Waals surface area contributed by atoms with Crippen LogP contribution in [0.1, 0.15) is 19.4 Å². The molecule has 5 heteroatoms. The van der Waals surface area contributed by atoms with Crippen LogP contribution in [0.5, 0.6) is 17.2 Å². The van der Waals surface area contributed by atoms with Crippen molar-refractivity contribution in [2.45, 2.75) is 26.4 Å². The first kappa shape index (κ1) is 15.3. The average Bonchev–Trinajstić information content (AvgIpc) is 2.40. The van der Waals surface area contributed by atoms with Crippen molar-refractivity contribution in [3.05, 3.63) is 17.7 Å². The number of carbonyl (C=O) groups excluding carboxylic acids is 1. The lowest BCUT2D eigenvalue weighted by Gasteiger charge is -2.13. The fraction of sp³-hybridized carbons (Fsp3) is 0.500. The zero-order valence-corrected chi connectivity index (χ0v) is 11.7. The van der Waals surface area contributed by atoms with Gasteiger partial charge in [-0.3, -0.25) is 4.79 Å². The molecule has 5 nitrogen and oxygen atoms in total. The van der Waals surface area contributed by atoms with Crippen LogP contribution in [0, 0.1) is 0 Å². The number of ketones is 1. The van der Waals surface area contributed by atoms with E-state index in [1.807, 2.05) is 6.92 Å². The number of benzene rings is 1. The summed E-state index contributed by atoms with van der Waals surface area (Å²) >= 11 is 0. The van der Waals surface area contributed by atoms with Gasteiger partial charge in [0.1, 0.15) is 6.10 Å². The van der Waals surface area contributed by atoms with Gasteiger partial charge in [0.15, 0.2) is 17.3 Å². The molecule has 0 bridgehead atoms. The Bertz CT molecular complexity index is 416. The fourth-order valence-corrected chi connectivity index (χ4v) is 1.74. The number of methoxy groups -OCH3 is 2. The molecular formula is C14H20O5. The van der Waals surface area contributed by atoms with E-state index in [-0.39, 0.29) is 29.5 Å². The maximum Gasteiger partial charge on any atom is 0.200 e. The summed E-state index contributed by atoms with van der Waals surface area (Å²) < 4.78 is 15.3. The minimum absolute atomic E-state index is 0.0309. The van der Waals surface area contributed by atoms with Crippen LogP contribution in [0.2, 0.25) is 0 Å². The Morgan fingerprint density at radius 1 is 1.26 bits per heavy atom. The van der Waals surface area contributed by atoms with Crippen LogP contribution in [0.4, 0.5) is 0 Å². The molecule has 0 aliphatic heterocycles. The quantitative estimate of drug-likeness (QED) is 0.818. The van der Waals surface area contributed by atoms with Crippen molar-refractivity contribution in [3.8, 4) is 17.2 Å². The van der Waals surface area contributed by atoms with Gasteiger partial charge in [-0.15, -0.1) is 0 Å². The molecule has 0 aromatic heterocycles. The predicted octanol–water partition coefficient (Wildman–Crippen LogP) is 1.95. The predicted molar refractivity (Wildman–Crippen MR) is 71.0 cm³/mol. The molecule has 0 amide bonds. The van der Waals surface area contributed by atoms with Crippen LogP contribution >= 0.6 is 0 Å². The topological polar surface area (TPSA) is 65.0 Å².